The number of aliphatic carboxylic acids is 1. The summed E-state index contributed by atoms with van der Waals surface area (Å²) in [6.45, 7) is 5.50. The number of carboxylic acid groups (broad SMARTS) is 1. The lowest BCUT2D eigenvalue weighted by Crippen LogP contribution is -2.58. The Kier molecular flexibility index (Phi) is 16.1. The van der Waals surface area contributed by atoms with E-state index in [-0.39, 0.29) is 25.0 Å². The number of para-hydroxylation sites is 1. The van der Waals surface area contributed by atoms with Crippen molar-refractivity contribution in [3.8, 4) is 16.9 Å². The van der Waals surface area contributed by atoms with E-state index in [1.54, 1.807) is 76.2 Å². The Bertz CT molecular complexity index is 2510. The number of nitrogens with one attached hydrogen (secondary N) is 4. The summed E-state index contributed by atoms with van der Waals surface area (Å²) in [5.41, 5.74) is 3.08. The molecule has 2 aliphatic rings. The highest BCUT2D eigenvalue weighted by molar-refractivity contribution is 7.09. The van der Waals surface area contributed by atoms with Crippen molar-refractivity contribution < 1.29 is 48.1 Å². The SMILES string of the molecule is Cc1ccccc1N1C(=O)CNC(=O)[C@@H](Cc2ccc(-c3ccccc3)cc2)NC(=O)[C@H](Cc2cccs2)NC(=O)COc2ccc(cc2)C[C@H]1C(=O)NC(CC(=O)OC(C)(C)C)C(=O)O. The Labute approximate surface area is 386 Å². The van der Waals surface area contributed by atoms with Crippen LogP contribution in [0.1, 0.15) is 48.8 Å². The predicted molar refractivity (Wildman–Crippen MR) is 249 cm³/mol. The molecule has 5 N–H and O–H groups in total. The first-order valence-corrected chi connectivity index (χ1v) is 22.3. The lowest BCUT2D eigenvalue weighted by Gasteiger charge is -2.33. The van der Waals surface area contributed by atoms with Crippen molar-refractivity contribution in [1.29, 1.82) is 0 Å². The van der Waals surface area contributed by atoms with E-state index in [2.05, 4.69) is 21.3 Å². The largest absolute Gasteiger partial charge is 0.484 e. The highest BCUT2D eigenvalue weighted by Crippen LogP contribution is 2.26. The first-order chi connectivity index (χ1) is 31.5. The number of hydrogen-bond acceptors (Lipinski definition) is 10. The second kappa shape index (κ2) is 22.0. The molecule has 0 spiro atoms. The van der Waals surface area contributed by atoms with Crippen LogP contribution in [0.3, 0.4) is 0 Å². The third kappa shape index (κ3) is 13.6. The number of rotatable bonds is 11. The van der Waals surface area contributed by atoms with Gasteiger partial charge in [-0.05, 0) is 85.2 Å². The quantitative estimate of drug-likeness (QED) is 0.0892. The summed E-state index contributed by atoms with van der Waals surface area (Å²) < 4.78 is 11.1. The third-order valence-electron chi connectivity index (χ3n) is 10.6. The monoisotopic (exact) mass is 915 g/mol. The van der Waals surface area contributed by atoms with E-state index in [0.29, 0.717) is 22.4 Å². The van der Waals surface area contributed by atoms with Crippen molar-refractivity contribution in [3.05, 3.63) is 142 Å². The second-order valence-corrected chi connectivity index (χ2v) is 17.9. The van der Waals surface area contributed by atoms with Gasteiger partial charge in [-0.2, -0.15) is 0 Å². The fourth-order valence-electron chi connectivity index (χ4n) is 7.35. The van der Waals surface area contributed by atoms with Crippen molar-refractivity contribution in [2.45, 2.75) is 83.1 Å². The summed E-state index contributed by atoms with van der Waals surface area (Å²) in [6.07, 6.45) is -0.743. The summed E-state index contributed by atoms with van der Waals surface area (Å²) in [6, 6.07) is 28.5. The Morgan fingerprint density at radius 3 is 2.14 bits per heavy atom. The van der Waals surface area contributed by atoms with Crippen molar-refractivity contribution in [2.24, 2.45) is 0 Å². The molecule has 4 aromatic carbocycles. The number of hydrogen-bond donors (Lipinski definition) is 5. The van der Waals surface area contributed by atoms with Gasteiger partial charge in [0.15, 0.2) is 6.61 Å². The number of ether oxygens (including phenoxy) is 2. The summed E-state index contributed by atoms with van der Waals surface area (Å²) in [7, 11) is 0. The molecule has 0 radical (unpaired) electrons. The van der Waals surface area contributed by atoms with Crippen LogP contribution in [0.2, 0.25) is 0 Å². The molecule has 4 atom stereocenters. The number of carbonyl (C=O) groups excluding carboxylic acids is 6. The maximum Gasteiger partial charge on any atom is 0.326 e. The van der Waals surface area contributed by atoms with Gasteiger partial charge in [0.25, 0.3) is 5.91 Å². The lowest BCUT2D eigenvalue weighted by atomic mass is 9.99. The van der Waals surface area contributed by atoms with Gasteiger partial charge in [-0.25, -0.2) is 4.79 Å². The van der Waals surface area contributed by atoms with Crippen LogP contribution in [0.4, 0.5) is 5.69 Å². The van der Waals surface area contributed by atoms with Crippen molar-refractivity contribution in [2.75, 3.05) is 18.1 Å². The maximum atomic E-state index is 14.7. The Hall–Kier alpha value is -7.33. The number of esters is 1. The zero-order valence-electron chi connectivity index (χ0n) is 37.1. The molecule has 0 saturated heterocycles. The first-order valence-electron chi connectivity index (χ1n) is 21.4. The molecule has 2 aliphatic heterocycles. The summed E-state index contributed by atoms with van der Waals surface area (Å²) in [5, 5.41) is 22.7. The number of carboxylic acids is 1. The van der Waals surface area contributed by atoms with E-state index in [1.165, 1.54) is 16.2 Å². The van der Waals surface area contributed by atoms with Crippen LogP contribution >= 0.6 is 11.3 Å². The Morgan fingerprint density at radius 1 is 0.818 bits per heavy atom. The van der Waals surface area contributed by atoms with Gasteiger partial charge in [-0.1, -0.05) is 91.0 Å². The number of benzene rings is 4. The van der Waals surface area contributed by atoms with Crippen LogP contribution in [-0.2, 0) is 57.6 Å². The van der Waals surface area contributed by atoms with E-state index in [4.69, 9.17) is 9.47 Å². The van der Waals surface area contributed by atoms with Gasteiger partial charge < -0.3 is 35.8 Å². The van der Waals surface area contributed by atoms with Gasteiger partial charge in [-0.15, -0.1) is 11.3 Å². The standard InChI is InChI=1S/C50H53N5O10S/c1-31-11-8-9-15-41(31)55-42(48(61)54-40(49(62)63)28-45(58)65-50(2,3)4)26-33-18-22-36(23-19-33)64-30-43(56)52-39(27-37-14-10-24-66-37)47(60)53-38(46(59)51-29-44(55)57)25-32-16-20-35(21-17-32)34-12-6-5-7-13-34/h5-24,38-40,42H,25-30H2,1-4H3,(H,51,59)(H,52,56)(H,53,60)(H,54,61)(H,62,63)/t38-,39+,40?,42+/m1/s1. The van der Waals surface area contributed by atoms with E-state index in [9.17, 15) is 38.7 Å². The van der Waals surface area contributed by atoms with Crippen LogP contribution in [-0.4, -0.2) is 89.5 Å². The van der Waals surface area contributed by atoms with E-state index in [0.717, 1.165) is 16.0 Å². The molecule has 2 bridgehead atoms. The summed E-state index contributed by atoms with van der Waals surface area (Å²) in [4.78, 5) is 98.5. The molecule has 1 unspecified atom stereocenters. The minimum absolute atomic E-state index is 0.00163. The molecule has 7 rings (SSSR count). The topological polar surface area (TPSA) is 210 Å². The molecule has 16 heteroatoms. The summed E-state index contributed by atoms with van der Waals surface area (Å²) in [5.74, 6) is -5.69. The number of anilines is 1. The van der Waals surface area contributed by atoms with Crippen LogP contribution in [0.25, 0.3) is 11.1 Å². The normalized spacial score (nSPS) is 18.0. The number of aryl methyl sites for hydroxylation is 1. The van der Waals surface area contributed by atoms with Gasteiger partial charge in [-0.3, -0.25) is 33.7 Å². The molecule has 0 fully saturated rings. The fraction of sp³-hybridized carbons (Fsp3) is 0.300. The van der Waals surface area contributed by atoms with Gasteiger partial charge in [0.05, 0.1) is 13.0 Å². The number of amides is 5. The average molecular weight is 916 g/mol. The molecular formula is C50H53N5O10S. The van der Waals surface area contributed by atoms with E-state index in [1.807, 2.05) is 72.1 Å². The first kappa shape index (κ1) is 48.1. The highest BCUT2D eigenvalue weighted by Gasteiger charge is 2.37. The van der Waals surface area contributed by atoms with Gasteiger partial charge in [0.1, 0.15) is 35.5 Å². The number of carbonyl (C=O) groups is 7. The second-order valence-electron chi connectivity index (χ2n) is 16.8. The predicted octanol–water partition coefficient (Wildman–Crippen LogP) is 4.93. The van der Waals surface area contributed by atoms with Crippen LogP contribution in [0.5, 0.6) is 5.75 Å². The molecular weight excluding hydrogens is 863 g/mol. The minimum Gasteiger partial charge on any atom is -0.484 e. The molecule has 3 heterocycles. The van der Waals surface area contributed by atoms with E-state index >= 15 is 0 Å². The van der Waals surface area contributed by atoms with Gasteiger partial charge in [0.2, 0.25) is 23.6 Å². The molecule has 5 amide bonds. The molecule has 0 aliphatic carbocycles. The van der Waals surface area contributed by atoms with Crippen LogP contribution < -0.4 is 30.9 Å². The molecule has 66 heavy (non-hydrogen) atoms. The van der Waals surface area contributed by atoms with Crippen LogP contribution in [0.15, 0.2) is 121 Å². The van der Waals surface area contributed by atoms with Crippen LogP contribution in [0, 0.1) is 6.92 Å². The highest BCUT2D eigenvalue weighted by atomic mass is 32.1. The smallest absolute Gasteiger partial charge is 0.326 e. The zero-order valence-corrected chi connectivity index (χ0v) is 37.9. The zero-order chi connectivity index (χ0) is 47.4. The Balaban J connectivity index is 1.37. The molecule has 15 nitrogen and oxygen atoms in total. The minimum atomic E-state index is -1.73. The van der Waals surface area contributed by atoms with E-state index < -0.39 is 90.8 Å². The molecule has 1 aromatic heterocycles. The maximum absolute atomic E-state index is 14.7. The van der Waals surface area contributed by atoms with Gasteiger partial charge >= 0.3 is 11.9 Å². The Morgan fingerprint density at radius 2 is 1.48 bits per heavy atom. The van der Waals surface area contributed by atoms with Crippen molar-refractivity contribution in [1.82, 2.24) is 21.3 Å². The number of fused-ring (bicyclic) bond motifs is 16. The molecule has 0 saturated carbocycles. The average Bonchev–Trinajstić information content (AvgIpc) is 3.80. The molecule has 5 aromatic rings. The fourth-order valence-corrected chi connectivity index (χ4v) is 8.10. The molecule has 344 valence electrons. The number of nitrogens with zero attached hydrogens (tertiary/aromatic N) is 1. The van der Waals surface area contributed by atoms with Crippen molar-refractivity contribution in [3.63, 3.8) is 0 Å². The van der Waals surface area contributed by atoms with Gasteiger partial charge in [0, 0.05) is 29.8 Å². The number of thiophene rings is 1. The summed E-state index contributed by atoms with van der Waals surface area (Å²) >= 11 is 1.40. The lowest BCUT2D eigenvalue weighted by molar-refractivity contribution is -0.158. The van der Waals surface area contributed by atoms with Crippen molar-refractivity contribution >= 4 is 58.5 Å². The third-order valence-corrected chi connectivity index (χ3v) is 11.5.